The summed E-state index contributed by atoms with van der Waals surface area (Å²) in [7, 11) is -3.66. The number of sulfonamides is 1. The lowest BCUT2D eigenvalue weighted by atomic mass is 10.1. The van der Waals surface area contributed by atoms with Crippen LogP contribution >= 0.6 is 0 Å². The number of nitrogens with one attached hydrogen (secondary N) is 1. The summed E-state index contributed by atoms with van der Waals surface area (Å²) in [6.07, 6.45) is -0.723. The Kier molecular flexibility index (Phi) is 4.49. The molecule has 1 aromatic carbocycles. The van der Waals surface area contributed by atoms with Gasteiger partial charge in [-0.05, 0) is 37.1 Å². The van der Waals surface area contributed by atoms with E-state index >= 15 is 0 Å². The van der Waals surface area contributed by atoms with E-state index in [0.717, 1.165) is 0 Å². The summed E-state index contributed by atoms with van der Waals surface area (Å²) in [6.45, 7) is 3.97. The number of benzene rings is 1. The molecule has 1 aliphatic heterocycles. The maximum absolute atomic E-state index is 12.8. The molecule has 114 valence electrons. The number of nitriles is 1. The molecule has 1 unspecified atom stereocenters. The molecule has 1 aliphatic rings. The number of ether oxygens (including phenoxy) is 1. The van der Waals surface area contributed by atoms with E-state index in [-0.39, 0.29) is 24.6 Å². The fourth-order valence-electron chi connectivity index (χ4n) is 2.49. The van der Waals surface area contributed by atoms with Crippen LogP contribution in [0, 0.1) is 25.2 Å². The van der Waals surface area contributed by atoms with Gasteiger partial charge in [-0.3, -0.25) is 5.84 Å². The number of anilines is 1. The minimum atomic E-state index is -3.66. The summed E-state index contributed by atoms with van der Waals surface area (Å²) in [5, 5.41) is 8.90. The first-order valence-corrected chi connectivity index (χ1v) is 7.93. The smallest absolute Gasteiger partial charge is 0.243 e. The Morgan fingerprint density at radius 3 is 2.57 bits per heavy atom. The van der Waals surface area contributed by atoms with E-state index in [2.05, 4.69) is 5.43 Å². The van der Waals surface area contributed by atoms with E-state index in [9.17, 15) is 8.42 Å². The predicted octanol–water partition coefficient (Wildman–Crippen LogP) is 0.502. The monoisotopic (exact) mass is 310 g/mol. The Morgan fingerprint density at radius 1 is 1.43 bits per heavy atom. The maximum Gasteiger partial charge on any atom is 0.243 e. The van der Waals surface area contributed by atoms with Gasteiger partial charge in [-0.15, -0.1) is 0 Å². The number of aryl methyl sites for hydroxylation is 2. The summed E-state index contributed by atoms with van der Waals surface area (Å²) in [5.74, 6) is 5.36. The number of hydrogen-bond acceptors (Lipinski definition) is 6. The Balaban J connectivity index is 2.43. The lowest BCUT2D eigenvalue weighted by Gasteiger charge is -2.30. The molecule has 8 heteroatoms. The van der Waals surface area contributed by atoms with Gasteiger partial charge in [-0.2, -0.15) is 9.57 Å². The Hall–Kier alpha value is -1.66. The van der Waals surface area contributed by atoms with Gasteiger partial charge in [-0.1, -0.05) is 0 Å². The lowest BCUT2D eigenvalue weighted by molar-refractivity contribution is 0.0311. The molecule has 2 rings (SSSR count). The standard InChI is InChI=1S/C13H18N4O3S/c1-9-5-11(16-15)6-10(2)13(9)21(18,19)17-3-4-20-12(7-14)8-17/h5-6,12,16H,3-4,8,15H2,1-2H3. The molecule has 7 nitrogen and oxygen atoms in total. The minimum Gasteiger partial charge on any atom is -0.361 e. The molecular weight excluding hydrogens is 292 g/mol. The van der Waals surface area contributed by atoms with Crippen LogP contribution in [0.3, 0.4) is 0 Å². The Morgan fingerprint density at radius 2 is 2.05 bits per heavy atom. The van der Waals surface area contributed by atoms with Crippen LogP contribution in [0.4, 0.5) is 5.69 Å². The van der Waals surface area contributed by atoms with E-state index in [0.29, 0.717) is 16.8 Å². The van der Waals surface area contributed by atoms with Crippen LogP contribution in [0.15, 0.2) is 17.0 Å². The Bertz CT molecular complexity index is 658. The number of morpholine rings is 1. The molecule has 3 N–H and O–H groups in total. The van der Waals surface area contributed by atoms with Crippen molar-refractivity contribution in [2.24, 2.45) is 5.84 Å². The molecule has 21 heavy (non-hydrogen) atoms. The number of nitrogen functional groups attached to an aromatic ring is 1. The van der Waals surface area contributed by atoms with Gasteiger partial charge in [-0.25, -0.2) is 8.42 Å². The number of nitrogens with zero attached hydrogens (tertiary/aromatic N) is 2. The van der Waals surface area contributed by atoms with Crippen molar-refractivity contribution in [3.8, 4) is 6.07 Å². The van der Waals surface area contributed by atoms with Crippen LogP contribution < -0.4 is 11.3 Å². The van der Waals surface area contributed by atoms with Gasteiger partial charge in [0.2, 0.25) is 10.0 Å². The average Bonchev–Trinajstić information content (AvgIpc) is 2.46. The molecular formula is C13H18N4O3S. The molecule has 0 aliphatic carbocycles. The van der Waals surface area contributed by atoms with E-state index < -0.39 is 16.1 Å². The Labute approximate surface area is 124 Å². The number of hydrogen-bond donors (Lipinski definition) is 2. The summed E-state index contributed by atoms with van der Waals surface area (Å²) < 4.78 is 32.1. The van der Waals surface area contributed by atoms with Crippen LogP contribution in [0.1, 0.15) is 11.1 Å². The van der Waals surface area contributed by atoms with Gasteiger partial charge in [0.1, 0.15) is 0 Å². The third kappa shape index (κ3) is 3.01. The van der Waals surface area contributed by atoms with Crippen molar-refractivity contribution >= 4 is 15.7 Å². The third-order valence-corrected chi connectivity index (χ3v) is 5.57. The maximum atomic E-state index is 12.8. The van der Waals surface area contributed by atoms with Crippen LogP contribution in [-0.2, 0) is 14.8 Å². The molecule has 1 saturated heterocycles. The van der Waals surface area contributed by atoms with Crippen molar-refractivity contribution in [3.05, 3.63) is 23.3 Å². The van der Waals surface area contributed by atoms with Gasteiger partial charge in [0.25, 0.3) is 0 Å². The first kappa shape index (κ1) is 15.7. The highest BCUT2D eigenvalue weighted by Gasteiger charge is 2.32. The zero-order chi connectivity index (χ0) is 15.6. The summed E-state index contributed by atoms with van der Waals surface area (Å²) in [4.78, 5) is 0.264. The van der Waals surface area contributed by atoms with Gasteiger partial charge < -0.3 is 10.2 Å². The van der Waals surface area contributed by atoms with Crippen LogP contribution in [-0.4, -0.2) is 38.5 Å². The number of hydrazine groups is 1. The third-order valence-electron chi connectivity index (χ3n) is 3.40. The molecule has 0 saturated carbocycles. The largest absolute Gasteiger partial charge is 0.361 e. The van der Waals surface area contributed by atoms with Gasteiger partial charge in [0, 0.05) is 12.2 Å². The zero-order valence-electron chi connectivity index (χ0n) is 12.0. The van der Waals surface area contributed by atoms with E-state index in [1.54, 1.807) is 26.0 Å². The molecule has 1 heterocycles. The van der Waals surface area contributed by atoms with Crippen molar-refractivity contribution < 1.29 is 13.2 Å². The van der Waals surface area contributed by atoms with Gasteiger partial charge in [0.15, 0.2) is 6.10 Å². The predicted molar refractivity (Wildman–Crippen MR) is 77.8 cm³/mol. The van der Waals surface area contributed by atoms with E-state index in [4.69, 9.17) is 15.8 Å². The number of nitrogens with two attached hydrogens (primary N) is 1. The summed E-state index contributed by atoms with van der Waals surface area (Å²) >= 11 is 0. The molecule has 0 aromatic heterocycles. The second kappa shape index (κ2) is 5.99. The molecule has 0 amide bonds. The highest BCUT2D eigenvalue weighted by Crippen LogP contribution is 2.28. The SMILES string of the molecule is Cc1cc(NN)cc(C)c1S(=O)(=O)N1CCOC(C#N)C1. The van der Waals surface area contributed by atoms with Crippen molar-refractivity contribution in [2.75, 3.05) is 25.1 Å². The molecule has 0 radical (unpaired) electrons. The van der Waals surface area contributed by atoms with Crippen LogP contribution in [0.25, 0.3) is 0 Å². The highest BCUT2D eigenvalue weighted by atomic mass is 32.2. The molecule has 1 aromatic rings. The highest BCUT2D eigenvalue weighted by molar-refractivity contribution is 7.89. The first-order valence-electron chi connectivity index (χ1n) is 6.49. The first-order chi connectivity index (χ1) is 9.90. The minimum absolute atomic E-state index is 0.0502. The second-order valence-corrected chi connectivity index (χ2v) is 6.81. The van der Waals surface area contributed by atoms with Crippen molar-refractivity contribution in [2.45, 2.75) is 24.8 Å². The van der Waals surface area contributed by atoms with Crippen molar-refractivity contribution in [3.63, 3.8) is 0 Å². The molecule has 1 atom stereocenters. The molecule has 0 spiro atoms. The van der Waals surface area contributed by atoms with Crippen LogP contribution in [0.2, 0.25) is 0 Å². The zero-order valence-corrected chi connectivity index (χ0v) is 12.8. The van der Waals surface area contributed by atoms with Crippen molar-refractivity contribution in [1.29, 1.82) is 5.26 Å². The normalized spacial score (nSPS) is 20.0. The van der Waals surface area contributed by atoms with Gasteiger partial charge >= 0.3 is 0 Å². The van der Waals surface area contributed by atoms with Crippen LogP contribution in [0.5, 0.6) is 0 Å². The fraction of sp³-hybridized carbons (Fsp3) is 0.462. The van der Waals surface area contributed by atoms with E-state index in [1.807, 2.05) is 6.07 Å². The van der Waals surface area contributed by atoms with Crippen molar-refractivity contribution in [1.82, 2.24) is 4.31 Å². The lowest BCUT2D eigenvalue weighted by Crippen LogP contribution is -2.45. The van der Waals surface area contributed by atoms with Gasteiger partial charge in [0.05, 0.1) is 24.1 Å². The number of rotatable bonds is 3. The summed E-state index contributed by atoms with van der Waals surface area (Å²) in [6, 6.07) is 5.32. The quantitative estimate of drug-likeness (QED) is 0.622. The molecule has 1 fully saturated rings. The second-order valence-electron chi connectivity index (χ2n) is 4.94. The summed E-state index contributed by atoms with van der Waals surface area (Å²) in [5.41, 5.74) is 4.39. The topological polar surface area (TPSA) is 108 Å². The fourth-order valence-corrected chi connectivity index (χ4v) is 4.33. The van der Waals surface area contributed by atoms with E-state index in [1.165, 1.54) is 4.31 Å². The molecule has 0 bridgehead atoms. The average molecular weight is 310 g/mol.